The average Bonchev–Trinajstić information content (AvgIpc) is 3.58. The third kappa shape index (κ3) is 3.66. The number of hydrogen-bond donors (Lipinski definition) is 2. The molecule has 0 saturated heterocycles. The van der Waals surface area contributed by atoms with Gasteiger partial charge in [-0.25, -0.2) is 4.98 Å². The predicted molar refractivity (Wildman–Crippen MR) is 158 cm³/mol. The average molecular weight is 580 g/mol. The lowest BCUT2D eigenvalue weighted by Crippen LogP contribution is -2.62. The zero-order chi connectivity index (χ0) is 28.0. The number of carbonyl (C=O) groups is 1. The summed E-state index contributed by atoms with van der Waals surface area (Å²) < 4.78 is 9.13. The molecule has 0 aliphatic heterocycles. The number of ether oxygens (including phenoxy) is 1. The third-order valence-corrected chi connectivity index (χ3v) is 13.3. The Labute approximate surface area is 243 Å². The number of aliphatic hydroxyl groups excluding tert-OH is 1. The summed E-state index contributed by atoms with van der Waals surface area (Å²) in [6, 6.07) is 5.80. The van der Waals surface area contributed by atoms with Crippen molar-refractivity contribution < 1.29 is 19.7 Å². The highest BCUT2D eigenvalue weighted by Crippen LogP contribution is 2.67. The van der Waals surface area contributed by atoms with Crippen LogP contribution in [-0.2, 0) is 18.3 Å². The molecule has 212 valence electrons. The van der Waals surface area contributed by atoms with Crippen LogP contribution in [0.15, 0.2) is 34.3 Å². The van der Waals surface area contributed by atoms with E-state index in [1.54, 1.807) is 18.4 Å². The summed E-state index contributed by atoms with van der Waals surface area (Å²) in [6.07, 6.45) is 8.33. The molecular formula is C31H37N3O4S2. The van der Waals surface area contributed by atoms with E-state index < -0.39 is 17.1 Å². The molecule has 6 unspecified atom stereocenters. The summed E-state index contributed by atoms with van der Waals surface area (Å²) in [7, 11) is 3.63. The van der Waals surface area contributed by atoms with E-state index in [9.17, 15) is 15.0 Å². The van der Waals surface area contributed by atoms with Crippen LogP contribution in [0.4, 0.5) is 0 Å². The Balaban J connectivity index is 1.12. The number of aromatic nitrogens is 3. The minimum atomic E-state index is -1.43. The number of nitrogens with zero attached hydrogens (tertiary/aromatic N) is 3. The highest BCUT2D eigenvalue weighted by molar-refractivity contribution is 8.01. The second-order valence-corrected chi connectivity index (χ2v) is 15.1. The SMILES string of the molecule is COc1ccc2sc(SCC(=O)[C@@]3(O)CCC4C5CCC6=Cc7c(cnn7C)CC6(C)C5C(O)CC43C)nc2c1. The summed E-state index contributed by atoms with van der Waals surface area (Å²) in [4.78, 5) is 18.5. The number of carbonyl (C=O) groups excluding carboxylic acids is 1. The number of allylic oxidation sites excluding steroid dienone is 1. The van der Waals surface area contributed by atoms with Crippen LogP contribution in [0.25, 0.3) is 16.3 Å². The molecule has 4 aliphatic carbocycles. The number of Topliss-reactive ketones (excluding diaryl/α,β-unsaturated/α-hetero) is 1. The molecule has 0 amide bonds. The number of fused-ring (bicyclic) bond motifs is 7. The Morgan fingerprint density at radius 2 is 2.12 bits per heavy atom. The standard InChI is InChI=1S/C31H37N3O4S2/c1-29-13-17-15-32-34(3)23(17)11-18(29)5-7-20-21-9-10-31(37,30(21,2)14-24(35)27(20)29)26(36)16-39-28-33-22-12-19(38-4)6-8-25(22)40-28/h6,8,11-12,15,20-21,24,27,35,37H,5,7,9-10,13-14,16H2,1-4H3/t20?,21?,24?,27?,29?,30?,31-/m0/s1. The predicted octanol–water partition coefficient (Wildman–Crippen LogP) is 5.28. The first-order valence-corrected chi connectivity index (χ1v) is 16.1. The molecule has 0 radical (unpaired) electrons. The van der Waals surface area contributed by atoms with Gasteiger partial charge in [0.1, 0.15) is 11.4 Å². The first kappa shape index (κ1) is 26.7. The smallest absolute Gasteiger partial charge is 0.175 e. The van der Waals surface area contributed by atoms with Gasteiger partial charge in [-0.3, -0.25) is 9.48 Å². The van der Waals surface area contributed by atoms with Crippen molar-refractivity contribution in [2.75, 3.05) is 12.9 Å². The minimum absolute atomic E-state index is 0.116. The zero-order valence-electron chi connectivity index (χ0n) is 23.5. The lowest BCUT2D eigenvalue weighted by Gasteiger charge is -2.60. The Morgan fingerprint density at radius 1 is 1.30 bits per heavy atom. The van der Waals surface area contributed by atoms with Crippen molar-refractivity contribution in [2.24, 2.45) is 35.6 Å². The van der Waals surface area contributed by atoms with Crippen molar-refractivity contribution in [3.63, 3.8) is 0 Å². The first-order valence-electron chi connectivity index (χ1n) is 14.3. The zero-order valence-corrected chi connectivity index (χ0v) is 25.1. The van der Waals surface area contributed by atoms with E-state index in [-0.39, 0.29) is 34.7 Å². The summed E-state index contributed by atoms with van der Waals surface area (Å²) in [6.45, 7) is 4.40. The normalized spacial score (nSPS) is 36.4. The molecule has 1 aromatic carbocycles. The van der Waals surface area contributed by atoms with Crippen molar-refractivity contribution in [2.45, 2.75) is 68.4 Å². The fraction of sp³-hybridized carbons (Fsp3) is 0.581. The highest BCUT2D eigenvalue weighted by atomic mass is 32.2. The van der Waals surface area contributed by atoms with E-state index in [4.69, 9.17) is 4.74 Å². The third-order valence-electron chi connectivity index (χ3n) is 11.1. The van der Waals surface area contributed by atoms with Crippen LogP contribution in [0.5, 0.6) is 5.75 Å². The molecule has 9 heteroatoms. The van der Waals surface area contributed by atoms with E-state index in [2.05, 4.69) is 30.0 Å². The minimum Gasteiger partial charge on any atom is -0.497 e. The Hall–Kier alpha value is -2.20. The molecule has 4 aliphatic rings. The van der Waals surface area contributed by atoms with Crippen LogP contribution in [0.2, 0.25) is 0 Å². The molecule has 3 fully saturated rings. The van der Waals surface area contributed by atoms with Gasteiger partial charge >= 0.3 is 0 Å². The van der Waals surface area contributed by atoms with E-state index in [0.29, 0.717) is 12.8 Å². The van der Waals surface area contributed by atoms with Crippen LogP contribution >= 0.6 is 23.1 Å². The second-order valence-electron chi connectivity index (χ2n) is 12.9. The highest BCUT2D eigenvalue weighted by Gasteiger charge is 2.68. The molecule has 0 bridgehead atoms. The number of hydrogen-bond acceptors (Lipinski definition) is 8. The molecule has 2 N–H and O–H groups in total. The van der Waals surface area contributed by atoms with Gasteiger partial charge in [0, 0.05) is 18.5 Å². The summed E-state index contributed by atoms with van der Waals surface area (Å²) in [5.74, 6) is 1.41. The van der Waals surface area contributed by atoms with Crippen LogP contribution in [0.1, 0.15) is 57.2 Å². The largest absolute Gasteiger partial charge is 0.497 e. The maximum atomic E-state index is 13.8. The second kappa shape index (κ2) is 9.15. The monoisotopic (exact) mass is 579 g/mol. The summed E-state index contributed by atoms with van der Waals surface area (Å²) in [5, 5.41) is 28.4. The Bertz CT molecular complexity index is 1550. The molecule has 2 heterocycles. The van der Waals surface area contributed by atoms with Crippen LogP contribution < -0.4 is 4.74 Å². The van der Waals surface area contributed by atoms with Crippen molar-refractivity contribution in [3.8, 4) is 5.75 Å². The Kier molecular flexibility index (Phi) is 6.10. The van der Waals surface area contributed by atoms with Gasteiger partial charge in [-0.15, -0.1) is 11.3 Å². The van der Waals surface area contributed by atoms with Gasteiger partial charge in [-0.05, 0) is 85.5 Å². The van der Waals surface area contributed by atoms with E-state index in [1.165, 1.54) is 28.6 Å². The topological polar surface area (TPSA) is 97.5 Å². The van der Waals surface area contributed by atoms with Gasteiger partial charge in [-0.2, -0.15) is 5.10 Å². The molecule has 0 spiro atoms. The number of aliphatic hydroxyl groups is 2. The number of benzene rings is 1. The lowest BCUT2D eigenvalue weighted by atomic mass is 9.45. The molecule has 2 aromatic heterocycles. The number of thiazole rings is 1. The Morgan fingerprint density at radius 3 is 2.92 bits per heavy atom. The molecule has 7 nitrogen and oxygen atoms in total. The molecular weight excluding hydrogens is 542 g/mol. The maximum absolute atomic E-state index is 13.8. The number of rotatable bonds is 5. The maximum Gasteiger partial charge on any atom is 0.175 e. The van der Waals surface area contributed by atoms with Crippen LogP contribution in [0, 0.1) is 28.6 Å². The quantitative estimate of drug-likeness (QED) is 0.397. The van der Waals surface area contributed by atoms with Crippen molar-refractivity contribution >= 4 is 45.2 Å². The van der Waals surface area contributed by atoms with Crippen molar-refractivity contribution in [1.29, 1.82) is 0 Å². The van der Waals surface area contributed by atoms with Crippen molar-refractivity contribution in [1.82, 2.24) is 14.8 Å². The molecule has 7 rings (SSSR count). The lowest BCUT2D eigenvalue weighted by molar-refractivity contribution is -0.177. The summed E-state index contributed by atoms with van der Waals surface area (Å²) in [5.41, 5.74) is 2.50. The molecule has 7 atom stereocenters. The van der Waals surface area contributed by atoms with E-state index in [0.717, 1.165) is 46.0 Å². The number of thioether (sulfide) groups is 1. The van der Waals surface area contributed by atoms with Crippen molar-refractivity contribution in [3.05, 3.63) is 41.2 Å². The number of methoxy groups -OCH3 is 1. The number of ketones is 1. The van der Waals surface area contributed by atoms with Gasteiger partial charge in [0.2, 0.25) is 0 Å². The molecule has 40 heavy (non-hydrogen) atoms. The number of aryl methyl sites for hydroxylation is 1. The van der Waals surface area contributed by atoms with Crippen LogP contribution in [-0.4, -0.2) is 55.3 Å². The van der Waals surface area contributed by atoms with E-state index in [1.807, 2.05) is 36.1 Å². The fourth-order valence-electron chi connectivity index (χ4n) is 9.10. The van der Waals surface area contributed by atoms with Crippen LogP contribution in [0.3, 0.4) is 0 Å². The van der Waals surface area contributed by atoms with Gasteiger partial charge in [0.05, 0.1) is 41.1 Å². The van der Waals surface area contributed by atoms with Gasteiger partial charge in [0.25, 0.3) is 0 Å². The summed E-state index contributed by atoms with van der Waals surface area (Å²) >= 11 is 2.96. The fourth-order valence-corrected chi connectivity index (χ4v) is 11.1. The van der Waals surface area contributed by atoms with Gasteiger partial charge in [0.15, 0.2) is 10.1 Å². The van der Waals surface area contributed by atoms with Gasteiger partial charge < -0.3 is 14.9 Å². The first-order chi connectivity index (χ1) is 19.1. The van der Waals surface area contributed by atoms with E-state index >= 15 is 0 Å². The molecule has 3 aromatic rings. The van der Waals surface area contributed by atoms with Gasteiger partial charge in [-0.1, -0.05) is 31.2 Å². The molecule has 3 saturated carbocycles.